The highest BCUT2D eigenvalue weighted by Gasteiger charge is 2.27. The number of likely N-dealkylation sites (tertiary alicyclic amines) is 1. The molecule has 29 heavy (non-hydrogen) atoms. The molecular weight excluding hydrogens is 370 g/mol. The first kappa shape index (κ1) is 19.2. The molecule has 8 heteroatoms. The van der Waals surface area contributed by atoms with Crippen molar-refractivity contribution in [2.75, 3.05) is 26.2 Å². The molecule has 0 aliphatic carbocycles. The summed E-state index contributed by atoms with van der Waals surface area (Å²) in [4.78, 5) is 41.1. The molecule has 0 atom stereocenters. The Morgan fingerprint density at radius 2 is 1.76 bits per heavy atom. The fourth-order valence-electron chi connectivity index (χ4n) is 3.82. The van der Waals surface area contributed by atoms with Gasteiger partial charge in [0.25, 0.3) is 11.8 Å². The van der Waals surface area contributed by atoms with Gasteiger partial charge in [0.1, 0.15) is 5.69 Å². The van der Waals surface area contributed by atoms with Crippen LogP contribution in [0.4, 0.5) is 0 Å². The summed E-state index contributed by atoms with van der Waals surface area (Å²) < 4.78 is 1.60. The fourth-order valence-corrected chi connectivity index (χ4v) is 3.82. The van der Waals surface area contributed by atoms with Crippen molar-refractivity contribution < 1.29 is 14.4 Å². The molecule has 1 saturated heterocycles. The minimum atomic E-state index is -0.430. The zero-order chi connectivity index (χ0) is 20.2. The third kappa shape index (κ3) is 4.31. The van der Waals surface area contributed by atoms with E-state index in [-0.39, 0.29) is 24.1 Å². The molecule has 8 nitrogen and oxygen atoms in total. The number of benzene rings is 1. The van der Waals surface area contributed by atoms with Gasteiger partial charge >= 0.3 is 0 Å². The number of nitrogens with one attached hydrogen (secondary N) is 1. The highest BCUT2D eigenvalue weighted by molar-refractivity contribution is 5.99. The predicted octanol–water partition coefficient (Wildman–Crippen LogP) is 1.28. The SMILES string of the molecule is O=C(NCC(=O)N1CCCC1)c1cc2n(n1)CCCN(Cc1ccccc1)C2=O. The van der Waals surface area contributed by atoms with E-state index >= 15 is 0 Å². The molecule has 0 saturated carbocycles. The first-order valence-corrected chi connectivity index (χ1v) is 10.1. The van der Waals surface area contributed by atoms with Crippen LogP contribution in [0.15, 0.2) is 36.4 Å². The van der Waals surface area contributed by atoms with E-state index in [0.29, 0.717) is 25.3 Å². The zero-order valence-electron chi connectivity index (χ0n) is 16.3. The fraction of sp³-hybridized carbons (Fsp3) is 0.429. The average molecular weight is 395 g/mol. The van der Waals surface area contributed by atoms with Crippen LogP contribution in [0.2, 0.25) is 0 Å². The predicted molar refractivity (Wildman–Crippen MR) is 106 cm³/mol. The van der Waals surface area contributed by atoms with Crippen molar-refractivity contribution in [3.8, 4) is 0 Å². The number of aromatic nitrogens is 2. The van der Waals surface area contributed by atoms with Crippen LogP contribution >= 0.6 is 0 Å². The maximum Gasteiger partial charge on any atom is 0.272 e. The smallest absolute Gasteiger partial charge is 0.272 e. The molecule has 1 aromatic carbocycles. The Labute approximate surface area is 169 Å². The van der Waals surface area contributed by atoms with E-state index in [0.717, 1.165) is 37.9 Å². The summed E-state index contributed by atoms with van der Waals surface area (Å²) >= 11 is 0. The Morgan fingerprint density at radius 3 is 2.52 bits per heavy atom. The molecule has 0 radical (unpaired) electrons. The molecule has 152 valence electrons. The number of rotatable bonds is 5. The first-order valence-electron chi connectivity index (χ1n) is 10.1. The Kier molecular flexibility index (Phi) is 5.59. The summed E-state index contributed by atoms with van der Waals surface area (Å²) in [6.45, 7) is 3.19. The van der Waals surface area contributed by atoms with Crippen LogP contribution in [0.3, 0.4) is 0 Å². The zero-order valence-corrected chi connectivity index (χ0v) is 16.3. The third-order valence-electron chi connectivity index (χ3n) is 5.39. The van der Waals surface area contributed by atoms with E-state index in [4.69, 9.17) is 0 Å². The minimum absolute atomic E-state index is 0.0465. The van der Waals surface area contributed by atoms with E-state index in [9.17, 15) is 14.4 Å². The van der Waals surface area contributed by atoms with Gasteiger partial charge in [0, 0.05) is 38.8 Å². The molecule has 1 aromatic heterocycles. The molecule has 0 bridgehead atoms. The Bertz CT molecular complexity index is 902. The normalized spacial score (nSPS) is 16.5. The highest BCUT2D eigenvalue weighted by atomic mass is 16.2. The van der Waals surface area contributed by atoms with Gasteiger partial charge in [-0.3, -0.25) is 19.1 Å². The molecule has 0 spiro atoms. The second-order valence-corrected chi connectivity index (χ2v) is 7.47. The molecule has 4 rings (SSSR count). The maximum atomic E-state index is 13.0. The van der Waals surface area contributed by atoms with Crippen LogP contribution in [0, 0.1) is 0 Å². The number of fused-ring (bicyclic) bond motifs is 1. The lowest BCUT2D eigenvalue weighted by Gasteiger charge is -2.20. The number of carbonyl (C=O) groups excluding carboxylic acids is 3. The molecule has 1 N–H and O–H groups in total. The Balaban J connectivity index is 1.42. The van der Waals surface area contributed by atoms with Crippen LogP contribution in [0.25, 0.3) is 0 Å². The number of hydrogen-bond donors (Lipinski definition) is 1. The van der Waals surface area contributed by atoms with Gasteiger partial charge in [-0.2, -0.15) is 5.10 Å². The van der Waals surface area contributed by atoms with Crippen molar-refractivity contribution in [3.05, 3.63) is 53.3 Å². The van der Waals surface area contributed by atoms with Gasteiger partial charge in [-0.1, -0.05) is 30.3 Å². The Morgan fingerprint density at radius 1 is 1.00 bits per heavy atom. The molecule has 1 fully saturated rings. The molecule has 2 aliphatic heterocycles. The number of nitrogens with zero attached hydrogens (tertiary/aromatic N) is 4. The van der Waals surface area contributed by atoms with Gasteiger partial charge in [0.05, 0.1) is 6.54 Å². The second kappa shape index (κ2) is 8.46. The number of hydrogen-bond acceptors (Lipinski definition) is 4. The minimum Gasteiger partial charge on any atom is -0.342 e. The van der Waals surface area contributed by atoms with Crippen LogP contribution in [0.1, 0.15) is 45.8 Å². The highest BCUT2D eigenvalue weighted by Crippen LogP contribution is 2.16. The summed E-state index contributed by atoms with van der Waals surface area (Å²) in [5.74, 6) is -0.645. The summed E-state index contributed by atoms with van der Waals surface area (Å²) in [5.41, 5.74) is 1.64. The largest absolute Gasteiger partial charge is 0.342 e. The van der Waals surface area contributed by atoms with E-state index < -0.39 is 5.91 Å². The van der Waals surface area contributed by atoms with Gasteiger partial charge < -0.3 is 15.1 Å². The summed E-state index contributed by atoms with van der Waals surface area (Å²) in [6.07, 6.45) is 2.78. The molecule has 0 unspecified atom stereocenters. The van der Waals surface area contributed by atoms with E-state index in [1.165, 1.54) is 6.07 Å². The van der Waals surface area contributed by atoms with Crippen LogP contribution in [0.5, 0.6) is 0 Å². The second-order valence-electron chi connectivity index (χ2n) is 7.47. The average Bonchev–Trinajstić information content (AvgIpc) is 3.39. The van der Waals surface area contributed by atoms with Crippen molar-refractivity contribution >= 4 is 17.7 Å². The topological polar surface area (TPSA) is 87.5 Å². The molecule has 2 aromatic rings. The number of aryl methyl sites for hydroxylation is 1. The standard InChI is InChI=1S/C21H25N5O3/c27-19(24-9-4-5-10-24)14-22-20(28)17-13-18-21(29)25(11-6-12-26(18)23-17)15-16-7-2-1-3-8-16/h1-3,7-8,13H,4-6,9-12,14-15H2,(H,22,28). The molecule has 3 heterocycles. The lowest BCUT2D eigenvalue weighted by molar-refractivity contribution is -0.129. The summed E-state index contributed by atoms with van der Waals surface area (Å²) in [5, 5.41) is 6.95. The number of amides is 3. The van der Waals surface area contributed by atoms with Gasteiger partial charge in [-0.05, 0) is 24.8 Å². The van der Waals surface area contributed by atoms with E-state index in [2.05, 4.69) is 10.4 Å². The van der Waals surface area contributed by atoms with Crippen LogP contribution < -0.4 is 5.32 Å². The maximum absolute atomic E-state index is 13.0. The number of carbonyl (C=O) groups is 3. The van der Waals surface area contributed by atoms with Crippen molar-refractivity contribution in [1.29, 1.82) is 0 Å². The van der Waals surface area contributed by atoms with Crippen LogP contribution in [-0.4, -0.2) is 63.5 Å². The van der Waals surface area contributed by atoms with Gasteiger partial charge in [-0.25, -0.2) is 0 Å². The van der Waals surface area contributed by atoms with Gasteiger partial charge in [0.2, 0.25) is 5.91 Å². The molecule has 2 aliphatic rings. The van der Waals surface area contributed by atoms with Crippen molar-refractivity contribution in [1.82, 2.24) is 24.9 Å². The lowest BCUT2D eigenvalue weighted by Crippen LogP contribution is -2.38. The summed E-state index contributed by atoms with van der Waals surface area (Å²) in [6, 6.07) is 11.4. The quantitative estimate of drug-likeness (QED) is 0.826. The van der Waals surface area contributed by atoms with Crippen LogP contribution in [-0.2, 0) is 17.9 Å². The monoisotopic (exact) mass is 395 g/mol. The van der Waals surface area contributed by atoms with E-state index in [1.807, 2.05) is 30.3 Å². The van der Waals surface area contributed by atoms with Crippen molar-refractivity contribution in [2.45, 2.75) is 32.4 Å². The first-order chi connectivity index (χ1) is 14.1. The lowest BCUT2D eigenvalue weighted by atomic mass is 10.2. The van der Waals surface area contributed by atoms with Gasteiger partial charge in [-0.15, -0.1) is 0 Å². The summed E-state index contributed by atoms with van der Waals surface area (Å²) in [7, 11) is 0. The molecular formula is C21H25N5O3. The van der Waals surface area contributed by atoms with Crippen molar-refractivity contribution in [3.63, 3.8) is 0 Å². The third-order valence-corrected chi connectivity index (χ3v) is 5.39. The van der Waals surface area contributed by atoms with Gasteiger partial charge in [0.15, 0.2) is 5.69 Å². The van der Waals surface area contributed by atoms with E-state index in [1.54, 1.807) is 14.5 Å². The Hall–Kier alpha value is -3.16. The van der Waals surface area contributed by atoms with Crippen molar-refractivity contribution in [2.24, 2.45) is 0 Å². The molecule has 3 amide bonds.